The molecule has 2 amide bonds. The summed E-state index contributed by atoms with van der Waals surface area (Å²) in [6.45, 7) is 7.40. The predicted octanol–water partition coefficient (Wildman–Crippen LogP) is 6.09. The lowest BCUT2D eigenvalue weighted by Crippen LogP contribution is -2.52. The van der Waals surface area contributed by atoms with Crippen molar-refractivity contribution in [1.82, 2.24) is 10.2 Å². The Morgan fingerprint density at radius 3 is 2.14 bits per heavy atom. The van der Waals surface area contributed by atoms with Gasteiger partial charge < -0.3 is 19.7 Å². The van der Waals surface area contributed by atoms with Crippen LogP contribution in [0.3, 0.4) is 0 Å². The Labute approximate surface area is 270 Å². The molecule has 44 heavy (non-hydrogen) atoms. The van der Waals surface area contributed by atoms with Crippen molar-refractivity contribution >= 4 is 50.7 Å². The number of aryl methyl sites for hydroxylation is 1. The van der Waals surface area contributed by atoms with Crippen LogP contribution in [-0.4, -0.2) is 58.5 Å². The number of anilines is 1. The van der Waals surface area contributed by atoms with Gasteiger partial charge in [-0.3, -0.25) is 13.9 Å². The second-order valence-corrected chi connectivity index (χ2v) is 13.4. The number of carbonyl (C=O) groups is 2. The third-order valence-corrected chi connectivity index (χ3v) is 9.48. The van der Waals surface area contributed by atoms with E-state index >= 15 is 0 Å². The molecule has 12 heteroatoms. The number of sulfonamides is 1. The molecular weight excluding hydrogens is 625 g/mol. The van der Waals surface area contributed by atoms with Gasteiger partial charge in [-0.05, 0) is 61.2 Å². The van der Waals surface area contributed by atoms with E-state index in [9.17, 15) is 18.0 Å². The fourth-order valence-electron chi connectivity index (χ4n) is 4.52. The molecule has 0 heterocycles. The molecule has 238 valence electrons. The molecule has 0 aliphatic carbocycles. The van der Waals surface area contributed by atoms with E-state index in [1.54, 1.807) is 43.3 Å². The van der Waals surface area contributed by atoms with Crippen LogP contribution in [0.4, 0.5) is 5.69 Å². The molecule has 0 radical (unpaired) electrons. The topological polar surface area (TPSA) is 105 Å². The van der Waals surface area contributed by atoms with Gasteiger partial charge in [0.1, 0.15) is 12.6 Å². The van der Waals surface area contributed by atoms with Gasteiger partial charge in [-0.15, -0.1) is 0 Å². The minimum absolute atomic E-state index is 0.00318. The summed E-state index contributed by atoms with van der Waals surface area (Å²) in [5.41, 5.74) is 1.69. The first-order chi connectivity index (χ1) is 20.8. The lowest BCUT2D eigenvalue weighted by molar-refractivity contribution is -0.140. The number of hydrogen-bond donors (Lipinski definition) is 1. The largest absolute Gasteiger partial charge is 0.493 e. The highest BCUT2D eigenvalue weighted by atomic mass is 35.5. The van der Waals surface area contributed by atoms with E-state index in [0.717, 1.165) is 9.87 Å². The minimum atomic E-state index is -4.25. The quantitative estimate of drug-likeness (QED) is 0.224. The number of methoxy groups -OCH3 is 2. The Kier molecular flexibility index (Phi) is 12.3. The van der Waals surface area contributed by atoms with Gasteiger partial charge in [-0.25, -0.2) is 8.42 Å². The first-order valence-electron chi connectivity index (χ1n) is 14.1. The number of carbonyl (C=O) groups excluding carboxylic acids is 2. The highest BCUT2D eigenvalue weighted by Crippen LogP contribution is 2.34. The van der Waals surface area contributed by atoms with Crippen molar-refractivity contribution in [3.63, 3.8) is 0 Å². The molecule has 1 N–H and O–H groups in total. The molecule has 0 saturated carbocycles. The lowest BCUT2D eigenvalue weighted by atomic mass is 10.1. The summed E-state index contributed by atoms with van der Waals surface area (Å²) < 4.78 is 40.0. The smallest absolute Gasteiger partial charge is 0.264 e. The van der Waals surface area contributed by atoms with E-state index in [1.165, 1.54) is 43.4 Å². The zero-order valence-corrected chi connectivity index (χ0v) is 28.1. The standard InChI is InChI=1S/C32H39Cl2N3O6S/c1-7-28(32(39)35-18-21(2)3)36(19-23-10-14-26(33)27(34)16-23)31(38)20-37(24-11-15-29(42-5)30(17-24)43-6)44(40,41)25-12-8-22(4)9-13-25/h8-17,21,28H,7,18-20H2,1-6H3,(H,35,39)/t28-/m1/s1. The van der Waals surface area contributed by atoms with Gasteiger partial charge in [0.05, 0.1) is 34.8 Å². The van der Waals surface area contributed by atoms with E-state index in [4.69, 9.17) is 32.7 Å². The predicted molar refractivity (Wildman–Crippen MR) is 174 cm³/mol. The minimum Gasteiger partial charge on any atom is -0.493 e. The van der Waals surface area contributed by atoms with Gasteiger partial charge in [0.25, 0.3) is 10.0 Å². The maximum absolute atomic E-state index is 14.3. The number of amides is 2. The van der Waals surface area contributed by atoms with Crippen molar-refractivity contribution in [3.05, 3.63) is 81.8 Å². The molecule has 0 bridgehead atoms. The number of nitrogens with one attached hydrogen (secondary N) is 1. The van der Waals surface area contributed by atoms with Gasteiger partial charge in [0.2, 0.25) is 11.8 Å². The van der Waals surface area contributed by atoms with Crippen molar-refractivity contribution in [3.8, 4) is 11.5 Å². The Morgan fingerprint density at radius 2 is 1.57 bits per heavy atom. The number of benzene rings is 3. The van der Waals surface area contributed by atoms with Gasteiger partial charge in [-0.1, -0.05) is 67.7 Å². The maximum Gasteiger partial charge on any atom is 0.264 e. The monoisotopic (exact) mass is 663 g/mol. The van der Waals surface area contributed by atoms with Gasteiger partial charge in [0, 0.05) is 19.2 Å². The Balaban J connectivity index is 2.12. The molecular formula is C32H39Cl2N3O6S. The van der Waals surface area contributed by atoms with Crippen LogP contribution in [0.15, 0.2) is 65.6 Å². The fraction of sp³-hybridized carbons (Fsp3) is 0.375. The molecule has 0 fully saturated rings. The molecule has 0 unspecified atom stereocenters. The summed E-state index contributed by atoms with van der Waals surface area (Å²) in [4.78, 5) is 29.0. The Bertz CT molecular complexity index is 1560. The van der Waals surface area contributed by atoms with Crippen LogP contribution in [0, 0.1) is 12.8 Å². The number of halogens is 2. The summed E-state index contributed by atoms with van der Waals surface area (Å²) in [5, 5.41) is 3.55. The van der Waals surface area contributed by atoms with Crippen LogP contribution in [0.1, 0.15) is 38.3 Å². The van der Waals surface area contributed by atoms with Gasteiger partial charge >= 0.3 is 0 Å². The summed E-state index contributed by atoms with van der Waals surface area (Å²) >= 11 is 12.4. The van der Waals surface area contributed by atoms with E-state index in [1.807, 2.05) is 20.8 Å². The molecule has 3 aromatic rings. The first kappa shape index (κ1) is 35.0. The zero-order chi connectivity index (χ0) is 32.6. The van der Waals surface area contributed by atoms with Crippen LogP contribution in [0.25, 0.3) is 0 Å². The fourth-order valence-corrected chi connectivity index (χ4v) is 6.25. The van der Waals surface area contributed by atoms with Crippen LogP contribution >= 0.6 is 23.2 Å². The molecule has 0 spiro atoms. The lowest BCUT2D eigenvalue weighted by Gasteiger charge is -2.33. The SMILES string of the molecule is CC[C@H](C(=O)NCC(C)C)N(Cc1ccc(Cl)c(Cl)c1)C(=O)CN(c1ccc(OC)c(OC)c1)S(=O)(=O)c1ccc(C)cc1. The second kappa shape index (κ2) is 15.5. The second-order valence-electron chi connectivity index (χ2n) is 10.7. The molecule has 0 saturated heterocycles. The Morgan fingerprint density at radius 1 is 0.909 bits per heavy atom. The number of ether oxygens (including phenoxy) is 2. The summed E-state index contributed by atoms with van der Waals surface area (Å²) in [6.07, 6.45) is 0.290. The molecule has 3 rings (SSSR count). The normalized spacial score (nSPS) is 12.0. The third kappa shape index (κ3) is 8.58. The van der Waals surface area contributed by atoms with Gasteiger partial charge in [0.15, 0.2) is 11.5 Å². The highest BCUT2D eigenvalue weighted by molar-refractivity contribution is 7.92. The van der Waals surface area contributed by atoms with Crippen LogP contribution < -0.4 is 19.1 Å². The first-order valence-corrected chi connectivity index (χ1v) is 16.3. The number of hydrogen-bond acceptors (Lipinski definition) is 6. The molecule has 3 aromatic carbocycles. The maximum atomic E-state index is 14.3. The molecule has 9 nitrogen and oxygen atoms in total. The van der Waals surface area contributed by atoms with E-state index in [0.29, 0.717) is 27.9 Å². The molecule has 0 aromatic heterocycles. The van der Waals surface area contributed by atoms with Gasteiger partial charge in [-0.2, -0.15) is 0 Å². The van der Waals surface area contributed by atoms with Crippen molar-refractivity contribution in [2.45, 2.75) is 51.6 Å². The van der Waals surface area contributed by atoms with Crippen LogP contribution in [0.5, 0.6) is 11.5 Å². The molecule has 1 atom stereocenters. The van der Waals surface area contributed by atoms with Crippen LogP contribution in [-0.2, 0) is 26.2 Å². The van der Waals surface area contributed by atoms with Crippen LogP contribution in [0.2, 0.25) is 10.0 Å². The number of nitrogens with zero attached hydrogens (tertiary/aromatic N) is 2. The average molecular weight is 665 g/mol. The Hall–Kier alpha value is -3.47. The highest BCUT2D eigenvalue weighted by Gasteiger charge is 2.34. The van der Waals surface area contributed by atoms with E-state index in [2.05, 4.69) is 5.32 Å². The summed E-state index contributed by atoms with van der Waals surface area (Å²) in [6, 6.07) is 15.0. The molecule has 0 aliphatic heterocycles. The van der Waals surface area contributed by atoms with Crippen molar-refractivity contribution in [2.24, 2.45) is 5.92 Å². The zero-order valence-electron chi connectivity index (χ0n) is 25.8. The summed E-state index contributed by atoms with van der Waals surface area (Å²) in [7, 11) is -1.35. The molecule has 0 aliphatic rings. The third-order valence-electron chi connectivity index (χ3n) is 6.95. The van der Waals surface area contributed by atoms with Crippen molar-refractivity contribution in [1.29, 1.82) is 0 Å². The van der Waals surface area contributed by atoms with E-state index in [-0.39, 0.29) is 41.1 Å². The average Bonchev–Trinajstić information content (AvgIpc) is 3.00. The number of rotatable bonds is 14. The van der Waals surface area contributed by atoms with E-state index < -0.39 is 28.5 Å². The summed E-state index contributed by atoms with van der Waals surface area (Å²) in [5.74, 6) is -0.0595. The van der Waals surface area contributed by atoms with Crippen molar-refractivity contribution in [2.75, 3.05) is 31.6 Å². The van der Waals surface area contributed by atoms with Crippen molar-refractivity contribution < 1.29 is 27.5 Å².